The monoisotopic (exact) mass is 152 g/mol. The van der Waals surface area contributed by atoms with E-state index in [9.17, 15) is 0 Å². The normalized spacial score (nSPS) is 20.2. The maximum absolute atomic E-state index is 5.61. The molecule has 1 aliphatic rings. The van der Waals surface area contributed by atoms with Gasteiger partial charge in [0.15, 0.2) is 5.82 Å². The van der Waals surface area contributed by atoms with E-state index < -0.39 is 0 Å². The smallest absolute Gasteiger partial charge is 0.153 e. The third-order valence-electron chi connectivity index (χ3n) is 1.89. The topological polar surface area (TPSA) is 67.6 Å². The van der Waals surface area contributed by atoms with Gasteiger partial charge < -0.3 is 5.73 Å². The van der Waals surface area contributed by atoms with Crippen molar-refractivity contribution < 1.29 is 0 Å². The third kappa shape index (κ3) is 1.26. The van der Waals surface area contributed by atoms with Crippen LogP contribution in [0.1, 0.15) is 43.4 Å². The van der Waals surface area contributed by atoms with Crippen LogP contribution in [0.15, 0.2) is 0 Å². The van der Waals surface area contributed by atoms with E-state index in [0.717, 1.165) is 11.6 Å². The van der Waals surface area contributed by atoms with Crippen LogP contribution in [0.5, 0.6) is 0 Å². The molecule has 60 valence electrons. The molecule has 1 fully saturated rings. The molecule has 0 bridgehead atoms. The number of nitrogens with two attached hydrogens (primary N) is 1. The van der Waals surface area contributed by atoms with Crippen molar-refractivity contribution in [3.05, 3.63) is 11.6 Å². The van der Waals surface area contributed by atoms with Crippen LogP contribution in [0.3, 0.4) is 0 Å². The highest BCUT2D eigenvalue weighted by atomic mass is 15.2. The first-order valence-electron chi connectivity index (χ1n) is 3.95. The summed E-state index contributed by atoms with van der Waals surface area (Å²) < 4.78 is 0. The van der Waals surface area contributed by atoms with Crippen LogP contribution >= 0.6 is 0 Å². The Hall–Kier alpha value is -0.900. The molecular weight excluding hydrogens is 140 g/mol. The van der Waals surface area contributed by atoms with Gasteiger partial charge in [0, 0.05) is 5.92 Å². The lowest BCUT2D eigenvalue weighted by molar-refractivity contribution is 0.744. The lowest BCUT2D eigenvalue weighted by atomic mass is 10.3. The summed E-state index contributed by atoms with van der Waals surface area (Å²) in [5.74, 6) is 2.35. The van der Waals surface area contributed by atoms with E-state index in [4.69, 9.17) is 5.73 Å². The first-order valence-corrected chi connectivity index (χ1v) is 3.95. The Morgan fingerprint density at radius 2 is 2.36 bits per heavy atom. The predicted molar refractivity (Wildman–Crippen MR) is 41.0 cm³/mol. The van der Waals surface area contributed by atoms with E-state index in [-0.39, 0.29) is 6.04 Å². The van der Waals surface area contributed by atoms with Gasteiger partial charge >= 0.3 is 0 Å². The minimum atomic E-state index is -0.0324. The van der Waals surface area contributed by atoms with Crippen molar-refractivity contribution in [2.24, 2.45) is 5.73 Å². The molecule has 11 heavy (non-hydrogen) atoms. The molecule has 3 N–H and O–H groups in total. The first kappa shape index (κ1) is 6.79. The lowest BCUT2D eigenvalue weighted by Crippen LogP contribution is -2.06. The number of aromatic amines is 1. The molecule has 1 aromatic rings. The molecule has 0 aromatic carbocycles. The summed E-state index contributed by atoms with van der Waals surface area (Å²) in [6, 6.07) is -0.0324. The fourth-order valence-electron chi connectivity index (χ4n) is 1.02. The van der Waals surface area contributed by atoms with Crippen LogP contribution in [0.4, 0.5) is 0 Å². The SMILES string of the molecule is C[C@H](N)c1nc(C2CC2)n[nH]1. The summed E-state index contributed by atoms with van der Waals surface area (Å²) in [5.41, 5.74) is 5.61. The molecule has 0 radical (unpaired) electrons. The summed E-state index contributed by atoms with van der Waals surface area (Å²) in [6.07, 6.45) is 2.46. The van der Waals surface area contributed by atoms with Crippen molar-refractivity contribution in [1.29, 1.82) is 0 Å². The average Bonchev–Trinajstić information content (AvgIpc) is 2.68. The second-order valence-corrected chi connectivity index (χ2v) is 3.14. The summed E-state index contributed by atoms with van der Waals surface area (Å²) in [6.45, 7) is 1.90. The molecule has 0 amide bonds. The summed E-state index contributed by atoms with van der Waals surface area (Å²) >= 11 is 0. The van der Waals surface area contributed by atoms with Gasteiger partial charge in [0.2, 0.25) is 0 Å². The molecule has 1 saturated carbocycles. The highest BCUT2D eigenvalue weighted by molar-refractivity contribution is 5.06. The van der Waals surface area contributed by atoms with Crippen molar-refractivity contribution in [3.63, 3.8) is 0 Å². The van der Waals surface area contributed by atoms with Gasteiger partial charge in [-0.1, -0.05) is 0 Å². The van der Waals surface area contributed by atoms with Crippen molar-refractivity contribution in [2.45, 2.75) is 31.7 Å². The molecule has 0 spiro atoms. The van der Waals surface area contributed by atoms with Gasteiger partial charge in [0.1, 0.15) is 5.82 Å². The van der Waals surface area contributed by atoms with E-state index in [1.165, 1.54) is 12.8 Å². The molecule has 0 saturated heterocycles. The van der Waals surface area contributed by atoms with Crippen LogP contribution in [-0.2, 0) is 0 Å². The van der Waals surface area contributed by atoms with Crippen LogP contribution in [0, 0.1) is 0 Å². The number of hydrogen-bond acceptors (Lipinski definition) is 3. The summed E-state index contributed by atoms with van der Waals surface area (Å²) in [7, 11) is 0. The Labute approximate surface area is 65.2 Å². The van der Waals surface area contributed by atoms with Crippen molar-refractivity contribution in [3.8, 4) is 0 Å². The molecule has 4 nitrogen and oxygen atoms in total. The highest BCUT2D eigenvalue weighted by Crippen LogP contribution is 2.37. The zero-order valence-corrected chi connectivity index (χ0v) is 6.54. The van der Waals surface area contributed by atoms with Crippen LogP contribution in [0.2, 0.25) is 0 Å². The van der Waals surface area contributed by atoms with E-state index in [1.807, 2.05) is 6.92 Å². The number of aromatic nitrogens is 3. The molecule has 1 aromatic heterocycles. The largest absolute Gasteiger partial charge is 0.322 e. The number of rotatable bonds is 2. The number of H-pyrrole nitrogens is 1. The van der Waals surface area contributed by atoms with Gasteiger partial charge in [-0.05, 0) is 19.8 Å². The number of hydrogen-bond donors (Lipinski definition) is 2. The minimum absolute atomic E-state index is 0.0324. The lowest BCUT2D eigenvalue weighted by Gasteiger charge is -1.95. The molecule has 1 heterocycles. The van der Waals surface area contributed by atoms with Gasteiger partial charge in [-0.15, -0.1) is 0 Å². The van der Waals surface area contributed by atoms with Crippen molar-refractivity contribution in [2.75, 3.05) is 0 Å². The van der Waals surface area contributed by atoms with Gasteiger partial charge in [-0.25, -0.2) is 4.98 Å². The zero-order chi connectivity index (χ0) is 7.84. The number of nitrogens with zero attached hydrogens (tertiary/aromatic N) is 2. The van der Waals surface area contributed by atoms with E-state index in [2.05, 4.69) is 15.2 Å². The fraction of sp³-hybridized carbons (Fsp3) is 0.714. The maximum Gasteiger partial charge on any atom is 0.153 e. The standard InChI is InChI=1S/C7H12N4/c1-4(8)6-9-7(11-10-6)5-2-3-5/h4-5H,2-3,8H2,1H3,(H,9,10,11)/t4-/m0/s1. The molecule has 1 atom stereocenters. The Morgan fingerprint density at radius 1 is 1.64 bits per heavy atom. The summed E-state index contributed by atoms with van der Waals surface area (Å²) in [4.78, 5) is 4.28. The van der Waals surface area contributed by atoms with Crippen molar-refractivity contribution >= 4 is 0 Å². The van der Waals surface area contributed by atoms with E-state index in [1.54, 1.807) is 0 Å². The second kappa shape index (κ2) is 2.30. The molecule has 2 rings (SSSR count). The van der Waals surface area contributed by atoms with Crippen molar-refractivity contribution in [1.82, 2.24) is 15.2 Å². The first-order chi connectivity index (χ1) is 5.27. The molecule has 1 aliphatic carbocycles. The Morgan fingerprint density at radius 3 is 2.82 bits per heavy atom. The fourth-order valence-corrected chi connectivity index (χ4v) is 1.02. The van der Waals surface area contributed by atoms with Crippen LogP contribution in [0.25, 0.3) is 0 Å². The van der Waals surface area contributed by atoms with Gasteiger partial charge in [0.05, 0.1) is 6.04 Å². The second-order valence-electron chi connectivity index (χ2n) is 3.14. The Bertz CT molecular complexity index is 232. The van der Waals surface area contributed by atoms with E-state index >= 15 is 0 Å². The van der Waals surface area contributed by atoms with Crippen LogP contribution in [-0.4, -0.2) is 15.2 Å². The van der Waals surface area contributed by atoms with Crippen LogP contribution < -0.4 is 5.73 Å². The molecule has 0 unspecified atom stereocenters. The van der Waals surface area contributed by atoms with Gasteiger partial charge in [-0.2, -0.15) is 5.10 Å². The predicted octanol–water partition coefficient (Wildman–Crippen LogP) is 0.702. The highest BCUT2D eigenvalue weighted by Gasteiger charge is 2.27. The summed E-state index contributed by atoms with van der Waals surface area (Å²) in [5, 5.41) is 6.92. The zero-order valence-electron chi connectivity index (χ0n) is 6.54. The maximum atomic E-state index is 5.61. The number of nitrogens with one attached hydrogen (secondary N) is 1. The van der Waals surface area contributed by atoms with Gasteiger partial charge in [-0.3, -0.25) is 5.10 Å². The van der Waals surface area contributed by atoms with Gasteiger partial charge in [0.25, 0.3) is 0 Å². The quantitative estimate of drug-likeness (QED) is 0.655. The minimum Gasteiger partial charge on any atom is -0.322 e. The Balaban J connectivity index is 2.18. The van der Waals surface area contributed by atoms with E-state index in [0.29, 0.717) is 5.92 Å². The Kier molecular flexibility index (Phi) is 1.42. The molecular formula is C7H12N4. The third-order valence-corrected chi connectivity index (χ3v) is 1.89. The molecule has 4 heteroatoms. The average molecular weight is 152 g/mol. The molecule has 0 aliphatic heterocycles.